The van der Waals surface area contributed by atoms with Crippen LogP contribution in [0.4, 0.5) is 5.82 Å². The molecule has 0 aliphatic carbocycles. The van der Waals surface area contributed by atoms with Crippen LogP contribution in [0.1, 0.15) is 26.1 Å². The van der Waals surface area contributed by atoms with Crippen LogP contribution in [-0.4, -0.2) is 53.6 Å². The first-order valence-electron chi connectivity index (χ1n) is 7.43. The summed E-state index contributed by atoms with van der Waals surface area (Å²) in [6.07, 6.45) is 3.09. The SMILES string of the molecule is COCCN1C[C@@H](Cc2nccc(NC(C)C)n2)CC1=O. The molecule has 1 aliphatic heterocycles. The summed E-state index contributed by atoms with van der Waals surface area (Å²) in [5, 5.41) is 3.27. The van der Waals surface area contributed by atoms with Gasteiger partial charge in [0, 0.05) is 45.3 Å². The van der Waals surface area contributed by atoms with Crippen LogP contribution in [-0.2, 0) is 16.0 Å². The van der Waals surface area contributed by atoms with Gasteiger partial charge in [0.1, 0.15) is 11.6 Å². The van der Waals surface area contributed by atoms with Crippen LogP contribution in [0.2, 0.25) is 0 Å². The van der Waals surface area contributed by atoms with Gasteiger partial charge < -0.3 is 15.0 Å². The topological polar surface area (TPSA) is 67.3 Å². The van der Waals surface area contributed by atoms with Crippen molar-refractivity contribution >= 4 is 11.7 Å². The molecule has 0 spiro atoms. The zero-order chi connectivity index (χ0) is 15.2. The Balaban J connectivity index is 1.92. The molecule has 21 heavy (non-hydrogen) atoms. The monoisotopic (exact) mass is 292 g/mol. The molecular formula is C15H24N4O2. The second-order valence-electron chi connectivity index (χ2n) is 5.76. The zero-order valence-corrected chi connectivity index (χ0v) is 13.0. The number of ether oxygens (including phenoxy) is 1. The Bertz CT molecular complexity index is 478. The minimum absolute atomic E-state index is 0.202. The molecule has 2 rings (SSSR count). The number of anilines is 1. The van der Waals surface area contributed by atoms with E-state index in [1.165, 1.54) is 0 Å². The first-order valence-corrected chi connectivity index (χ1v) is 7.43. The molecule has 0 saturated carbocycles. The zero-order valence-electron chi connectivity index (χ0n) is 13.0. The van der Waals surface area contributed by atoms with E-state index in [1.54, 1.807) is 13.3 Å². The average Bonchev–Trinajstić information content (AvgIpc) is 2.76. The third-order valence-electron chi connectivity index (χ3n) is 3.47. The van der Waals surface area contributed by atoms with Gasteiger partial charge in [-0.25, -0.2) is 9.97 Å². The molecule has 116 valence electrons. The molecule has 6 heteroatoms. The first-order chi connectivity index (χ1) is 10.1. The molecule has 1 N–H and O–H groups in total. The van der Waals surface area contributed by atoms with Gasteiger partial charge in [-0.05, 0) is 25.8 Å². The van der Waals surface area contributed by atoms with Gasteiger partial charge in [-0.3, -0.25) is 4.79 Å². The molecule has 0 unspecified atom stereocenters. The summed E-state index contributed by atoms with van der Waals surface area (Å²) >= 11 is 0. The van der Waals surface area contributed by atoms with E-state index in [1.807, 2.05) is 11.0 Å². The predicted molar refractivity (Wildman–Crippen MR) is 81.1 cm³/mol. The Hall–Kier alpha value is -1.69. The van der Waals surface area contributed by atoms with Crippen molar-refractivity contribution in [3.05, 3.63) is 18.1 Å². The van der Waals surface area contributed by atoms with Crippen molar-refractivity contribution in [1.29, 1.82) is 0 Å². The van der Waals surface area contributed by atoms with Gasteiger partial charge in [0.25, 0.3) is 0 Å². The quantitative estimate of drug-likeness (QED) is 0.821. The Labute approximate surface area is 125 Å². The Morgan fingerprint density at radius 3 is 3.05 bits per heavy atom. The highest BCUT2D eigenvalue weighted by atomic mass is 16.5. The van der Waals surface area contributed by atoms with Crippen molar-refractivity contribution in [1.82, 2.24) is 14.9 Å². The Morgan fingerprint density at radius 1 is 1.52 bits per heavy atom. The second-order valence-corrected chi connectivity index (χ2v) is 5.76. The van der Waals surface area contributed by atoms with E-state index in [4.69, 9.17) is 4.74 Å². The molecule has 1 aromatic heterocycles. The van der Waals surface area contributed by atoms with E-state index in [9.17, 15) is 4.79 Å². The molecule has 1 fully saturated rings. The van der Waals surface area contributed by atoms with Crippen LogP contribution in [0, 0.1) is 5.92 Å². The number of hydrogen-bond acceptors (Lipinski definition) is 5. The Kier molecular flexibility index (Phi) is 5.50. The number of carbonyl (C=O) groups excluding carboxylic acids is 1. The van der Waals surface area contributed by atoms with Crippen LogP contribution in [0.5, 0.6) is 0 Å². The average molecular weight is 292 g/mol. The van der Waals surface area contributed by atoms with Gasteiger partial charge in [-0.1, -0.05) is 0 Å². The smallest absolute Gasteiger partial charge is 0.223 e. The Morgan fingerprint density at radius 2 is 2.33 bits per heavy atom. The van der Waals surface area contributed by atoms with Gasteiger partial charge >= 0.3 is 0 Å². The summed E-state index contributed by atoms with van der Waals surface area (Å²) in [6, 6.07) is 2.21. The highest BCUT2D eigenvalue weighted by Gasteiger charge is 2.29. The van der Waals surface area contributed by atoms with Gasteiger partial charge in [0.2, 0.25) is 5.91 Å². The van der Waals surface area contributed by atoms with Crippen LogP contribution in [0.25, 0.3) is 0 Å². The molecule has 1 aliphatic rings. The molecule has 0 aromatic carbocycles. The molecule has 1 atom stereocenters. The molecule has 1 amide bonds. The predicted octanol–water partition coefficient (Wildman–Crippen LogP) is 1.33. The number of nitrogens with one attached hydrogen (secondary N) is 1. The van der Waals surface area contributed by atoms with E-state index < -0.39 is 0 Å². The normalized spacial score (nSPS) is 18.6. The fraction of sp³-hybridized carbons (Fsp3) is 0.667. The molecule has 0 radical (unpaired) electrons. The maximum Gasteiger partial charge on any atom is 0.223 e. The van der Waals surface area contributed by atoms with Gasteiger partial charge in [-0.15, -0.1) is 0 Å². The lowest BCUT2D eigenvalue weighted by atomic mass is 10.0. The summed E-state index contributed by atoms with van der Waals surface area (Å²) in [6.45, 7) is 6.17. The fourth-order valence-corrected chi connectivity index (χ4v) is 2.54. The van der Waals surface area contributed by atoms with Crippen LogP contribution >= 0.6 is 0 Å². The van der Waals surface area contributed by atoms with Gasteiger partial charge in [0.15, 0.2) is 0 Å². The standard InChI is InChI=1S/C15H24N4O2/c1-11(2)17-13-4-5-16-14(18-13)8-12-9-15(20)19(10-12)6-7-21-3/h4-5,11-12H,6-10H2,1-3H3,(H,16,17,18)/t12-/m0/s1. The highest BCUT2D eigenvalue weighted by molar-refractivity contribution is 5.78. The summed E-state index contributed by atoms with van der Waals surface area (Å²) in [4.78, 5) is 22.6. The van der Waals surface area contributed by atoms with E-state index in [0.717, 1.165) is 24.6 Å². The minimum atomic E-state index is 0.202. The van der Waals surface area contributed by atoms with Crippen LogP contribution in [0.3, 0.4) is 0 Å². The van der Waals surface area contributed by atoms with Gasteiger partial charge in [0.05, 0.1) is 6.61 Å². The molecule has 1 aromatic rings. The van der Waals surface area contributed by atoms with Crippen LogP contribution < -0.4 is 5.32 Å². The number of hydrogen-bond donors (Lipinski definition) is 1. The van der Waals surface area contributed by atoms with Crippen molar-refractivity contribution in [2.75, 3.05) is 32.1 Å². The molecular weight excluding hydrogens is 268 g/mol. The highest BCUT2D eigenvalue weighted by Crippen LogP contribution is 2.21. The lowest BCUT2D eigenvalue weighted by molar-refractivity contribution is -0.128. The van der Waals surface area contributed by atoms with Crippen LogP contribution in [0.15, 0.2) is 12.3 Å². The van der Waals surface area contributed by atoms with E-state index >= 15 is 0 Å². The largest absolute Gasteiger partial charge is 0.383 e. The number of carbonyl (C=O) groups is 1. The van der Waals surface area contributed by atoms with E-state index in [2.05, 4.69) is 29.1 Å². The summed E-state index contributed by atoms with van der Waals surface area (Å²) in [5.74, 6) is 2.14. The van der Waals surface area contributed by atoms with E-state index in [0.29, 0.717) is 31.5 Å². The molecule has 0 bridgehead atoms. The van der Waals surface area contributed by atoms with Crippen molar-refractivity contribution in [2.45, 2.75) is 32.7 Å². The van der Waals surface area contributed by atoms with Crippen molar-refractivity contribution in [3.63, 3.8) is 0 Å². The molecule has 1 saturated heterocycles. The van der Waals surface area contributed by atoms with Crippen molar-refractivity contribution in [3.8, 4) is 0 Å². The summed E-state index contributed by atoms with van der Waals surface area (Å²) in [5.41, 5.74) is 0. The third kappa shape index (κ3) is 4.67. The number of methoxy groups -OCH3 is 1. The maximum atomic E-state index is 11.9. The van der Waals surface area contributed by atoms with Crippen molar-refractivity contribution in [2.24, 2.45) is 5.92 Å². The number of amides is 1. The third-order valence-corrected chi connectivity index (χ3v) is 3.47. The fourth-order valence-electron chi connectivity index (χ4n) is 2.54. The maximum absolute atomic E-state index is 11.9. The number of nitrogens with zero attached hydrogens (tertiary/aromatic N) is 3. The number of aromatic nitrogens is 2. The number of rotatable bonds is 7. The van der Waals surface area contributed by atoms with Crippen molar-refractivity contribution < 1.29 is 9.53 Å². The lowest BCUT2D eigenvalue weighted by Crippen LogP contribution is -2.29. The minimum Gasteiger partial charge on any atom is -0.383 e. The summed E-state index contributed by atoms with van der Waals surface area (Å²) in [7, 11) is 1.65. The molecule has 6 nitrogen and oxygen atoms in total. The summed E-state index contributed by atoms with van der Waals surface area (Å²) < 4.78 is 5.03. The van der Waals surface area contributed by atoms with E-state index in [-0.39, 0.29) is 5.91 Å². The van der Waals surface area contributed by atoms with Gasteiger partial charge in [-0.2, -0.15) is 0 Å². The number of likely N-dealkylation sites (tertiary alicyclic amines) is 1. The lowest BCUT2D eigenvalue weighted by Gasteiger charge is -2.15. The molecule has 2 heterocycles. The second kappa shape index (κ2) is 7.36. The first kappa shape index (κ1) is 15.7.